The van der Waals surface area contributed by atoms with Gasteiger partial charge in [0.2, 0.25) is 5.95 Å². The van der Waals surface area contributed by atoms with E-state index < -0.39 is 5.76 Å². The van der Waals surface area contributed by atoms with Gasteiger partial charge in [-0.3, -0.25) is 4.79 Å². The lowest BCUT2D eigenvalue weighted by Crippen LogP contribution is -2.49. The molecule has 0 unspecified atom stereocenters. The van der Waals surface area contributed by atoms with Crippen LogP contribution < -0.4 is 10.2 Å². The minimum Gasteiger partial charge on any atom is -0.355 e. The molecule has 31 heavy (non-hydrogen) atoms. The predicted octanol–water partition coefficient (Wildman–Crippen LogP) is 4.50. The van der Waals surface area contributed by atoms with Crippen molar-refractivity contribution in [1.29, 1.82) is 0 Å². The van der Waals surface area contributed by atoms with Crippen LogP contribution in [-0.2, 0) is 0 Å². The summed E-state index contributed by atoms with van der Waals surface area (Å²) < 4.78 is 25.0. The molecule has 9 heteroatoms. The van der Waals surface area contributed by atoms with Crippen LogP contribution in [-0.4, -0.2) is 52.7 Å². The number of nitrogens with zero attached hydrogens (tertiary/aromatic N) is 4. The highest BCUT2D eigenvalue weighted by atomic mass is 32.2. The number of rotatable bonds is 6. The molecule has 160 valence electrons. The van der Waals surface area contributed by atoms with Gasteiger partial charge >= 0.3 is 0 Å². The maximum absolute atomic E-state index is 13.2. The third kappa shape index (κ3) is 5.29. The molecule has 6 nitrogen and oxygen atoms in total. The van der Waals surface area contributed by atoms with Gasteiger partial charge in [0.15, 0.2) is 0 Å². The number of hydrogen-bond acceptors (Lipinski definition) is 6. The second kappa shape index (κ2) is 9.74. The summed E-state index contributed by atoms with van der Waals surface area (Å²) in [4.78, 5) is 26.1. The van der Waals surface area contributed by atoms with Crippen molar-refractivity contribution >= 4 is 35.0 Å². The summed E-state index contributed by atoms with van der Waals surface area (Å²) in [6, 6.07) is 15.8. The molecule has 1 saturated heterocycles. The number of hydrogen-bond donors (Lipinski definition) is 1. The Bertz CT molecular complexity index is 1010. The summed E-state index contributed by atoms with van der Waals surface area (Å²) in [5.74, 6) is -1.84. The number of piperazine rings is 1. The molecule has 0 bridgehead atoms. The van der Waals surface area contributed by atoms with E-state index in [9.17, 15) is 13.6 Å². The number of aromatic nitrogens is 2. The van der Waals surface area contributed by atoms with Gasteiger partial charge in [-0.2, -0.15) is 8.78 Å². The minimum absolute atomic E-state index is 0.0541. The first-order chi connectivity index (χ1) is 15.1. The fourth-order valence-corrected chi connectivity index (χ4v) is 3.89. The Labute approximate surface area is 183 Å². The number of alkyl halides is 2. The number of halogens is 2. The van der Waals surface area contributed by atoms with Gasteiger partial charge in [-0.05, 0) is 42.5 Å². The van der Waals surface area contributed by atoms with E-state index >= 15 is 0 Å². The number of carbonyl (C=O) groups is 1. The largest absolute Gasteiger partial charge is 0.355 e. The van der Waals surface area contributed by atoms with E-state index in [1.54, 1.807) is 48.8 Å². The molecule has 4 rings (SSSR count). The molecule has 3 aromatic rings. The molecule has 2 aromatic carbocycles. The number of anilines is 3. The van der Waals surface area contributed by atoms with Crippen molar-refractivity contribution in [3.63, 3.8) is 0 Å². The lowest BCUT2D eigenvalue weighted by Gasteiger charge is -2.35. The van der Waals surface area contributed by atoms with Gasteiger partial charge in [0.25, 0.3) is 11.7 Å². The van der Waals surface area contributed by atoms with E-state index in [-0.39, 0.29) is 5.91 Å². The molecule has 1 fully saturated rings. The molecule has 0 radical (unpaired) electrons. The maximum atomic E-state index is 13.2. The number of nitrogens with one attached hydrogen (secondary N) is 1. The minimum atomic E-state index is -2.45. The first kappa shape index (κ1) is 21.0. The molecule has 0 spiro atoms. The molecule has 0 saturated carbocycles. The molecule has 1 N–H and O–H groups in total. The van der Waals surface area contributed by atoms with Crippen molar-refractivity contribution in [2.45, 2.75) is 10.7 Å². The third-order valence-corrected chi connectivity index (χ3v) is 5.64. The fourth-order valence-electron chi connectivity index (χ4n) is 3.39. The van der Waals surface area contributed by atoms with Crippen LogP contribution in [0.5, 0.6) is 0 Å². The number of carbonyl (C=O) groups excluding carboxylic acids is 1. The standard InChI is InChI=1S/C22H21F2N5OS/c23-21(24)31-17-8-6-16(7-9-17)27-19-5-2-1-4-18(19)20(30)28-12-14-29(15-13-28)22-25-10-3-11-26-22/h1-11,21,27H,12-15H2. The van der Waals surface area contributed by atoms with Gasteiger partial charge < -0.3 is 15.1 Å². The first-order valence-electron chi connectivity index (χ1n) is 9.82. The van der Waals surface area contributed by atoms with Gasteiger partial charge in [0.1, 0.15) is 0 Å². The van der Waals surface area contributed by atoms with Crippen molar-refractivity contribution in [3.8, 4) is 0 Å². The lowest BCUT2D eigenvalue weighted by molar-refractivity contribution is 0.0747. The number of para-hydroxylation sites is 1. The highest BCUT2D eigenvalue weighted by Gasteiger charge is 2.24. The van der Waals surface area contributed by atoms with Gasteiger partial charge in [-0.1, -0.05) is 23.9 Å². The van der Waals surface area contributed by atoms with Crippen molar-refractivity contribution in [1.82, 2.24) is 14.9 Å². The maximum Gasteiger partial charge on any atom is 0.288 e. The molecule has 1 aromatic heterocycles. The zero-order valence-electron chi connectivity index (χ0n) is 16.6. The SMILES string of the molecule is O=C(c1ccccc1Nc1ccc(SC(F)F)cc1)N1CCN(c2ncccn2)CC1. The van der Waals surface area contributed by atoms with Crippen molar-refractivity contribution in [3.05, 3.63) is 72.6 Å². The van der Waals surface area contributed by atoms with E-state index in [0.717, 1.165) is 5.69 Å². The summed E-state index contributed by atoms with van der Waals surface area (Å²) in [6.07, 6.45) is 3.42. The van der Waals surface area contributed by atoms with E-state index in [4.69, 9.17) is 0 Å². The van der Waals surface area contributed by atoms with E-state index in [1.807, 2.05) is 23.1 Å². The molecule has 1 aliphatic rings. The molecular weight excluding hydrogens is 420 g/mol. The van der Waals surface area contributed by atoms with E-state index in [1.165, 1.54) is 0 Å². The van der Waals surface area contributed by atoms with E-state index in [2.05, 4.69) is 20.2 Å². The quantitative estimate of drug-likeness (QED) is 0.569. The number of amides is 1. The molecular formula is C22H21F2N5OS. The number of benzene rings is 2. The Kier molecular flexibility index (Phi) is 6.61. The molecule has 1 aliphatic heterocycles. The molecule has 0 atom stereocenters. The van der Waals surface area contributed by atoms with Crippen molar-refractivity contribution < 1.29 is 13.6 Å². The lowest BCUT2D eigenvalue weighted by atomic mass is 10.1. The summed E-state index contributed by atoms with van der Waals surface area (Å²) in [5.41, 5.74) is 1.97. The molecule has 2 heterocycles. The second-order valence-electron chi connectivity index (χ2n) is 6.90. The smallest absolute Gasteiger partial charge is 0.288 e. The van der Waals surface area contributed by atoms with Gasteiger partial charge in [-0.25, -0.2) is 9.97 Å². The third-order valence-electron chi connectivity index (χ3n) is 4.92. The van der Waals surface area contributed by atoms with Crippen LogP contribution in [0, 0.1) is 0 Å². The normalized spacial score (nSPS) is 14.0. The fraction of sp³-hybridized carbons (Fsp3) is 0.227. The van der Waals surface area contributed by atoms with Gasteiger partial charge in [0, 0.05) is 49.2 Å². The highest BCUT2D eigenvalue weighted by Crippen LogP contribution is 2.28. The van der Waals surface area contributed by atoms with Crippen LogP contribution in [0.4, 0.5) is 26.1 Å². The van der Waals surface area contributed by atoms with Crippen molar-refractivity contribution in [2.24, 2.45) is 0 Å². The van der Waals surface area contributed by atoms with Crippen LogP contribution in [0.1, 0.15) is 10.4 Å². The number of thioether (sulfide) groups is 1. The Morgan fingerprint density at radius 2 is 1.61 bits per heavy atom. The van der Waals surface area contributed by atoms with E-state index in [0.29, 0.717) is 60.0 Å². The van der Waals surface area contributed by atoms with Gasteiger partial charge in [0.05, 0.1) is 11.3 Å². The topological polar surface area (TPSA) is 61.4 Å². The second-order valence-corrected chi connectivity index (χ2v) is 7.96. The molecule has 0 aliphatic carbocycles. The monoisotopic (exact) mass is 441 g/mol. The molecule has 1 amide bonds. The Morgan fingerprint density at radius 3 is 2.29 bits per heavy atom. The zero-order chi connectivity index (χ0) is 21.6. The Morgan fingerprint density at radius 1 is 0.935 bits per heavy atom. The van der Waals surface area contributed by atoms with Crippen molar-refractivity contribution in [2.75, 3.05) is 36.4 Å². The highest BCUT2D eigenvalue weighted by molar-refractivity contribution is 7.99. The van der Waals surface area contributed by atoms with Gasteiger partial charge in [-0.15, -0.1) is 0 Å². The Hall–Kier alpha value is -3.20. The van der Waals surface area contributed by atoms with Crippen LogP contribution in [0.3, 0.4) is 0 Å². The first-order valence-corrected chi connectivity index (χ1v) is 10.7. The summed E-state index contributed by atoms with van der Waals surface area (Å²) in [7, 11) is 0. The summed E-state index contributed by atoms with van der Waals surface area (Å²) in [5, 5.41) is 3.23. The zero-order valence-corrected chi connectivity index (χ0v) is 17.4. The van der Waals surface area contributed by atoms with Crippen LogP contribution in [0.25, 0.3) is 0 Å². The average molecular weight is 442 g/mol. The predicted molar refractivity (Wildman–Crippen MR) is 118 cm³/mol. The van der Waals surface area contributed by atoms with Crippen LogP contribution in [0.2, 0.25) is 0 Å². The Balaban J connectivity index is 1.43. The average Bonchev–Trinajstić information content (AvgIpc) is 2.81. The van der Waals surface area contributed by atoms with Crippen LogP contribution in [0.15, 0.2) is 71.9 Å². The summed E-state index contributed by atoms with van der Waals surface area (Å²) in [6.45, 7) is 2.47. The van der Waals surface area contributed by atoms with Crippen LogP contribution >= 0.6 is 11.8 Å². The summed E-state index contributed by atoms with van der Waals surface area (Å²) >= 11 is 0.504.